The van der Waals surface area contributed by atoms with Crippen molar-refractivity contribution < 1.29 is 13.2 Å². The summed E-state index contributed by atoms with van der Waals surface area (Å²) in [5.74, 6) is 1.24. The lowest BCUT2D eigenvalue weighted by Gasteiger charge is -2.37. The summed E-state index contributed by atoms with van der Waals surface area (Å²) in [6.07, 6.45) is 7.49. The van der Waals surface area contributed by atoms with Crippen molar-refractivity contribution in [2.45, 2.75) is 35.1 Å². The molecule has 1 aliphatic heterocycles. The number of benzene rings is 3. The number of thioether (sulfide) groups is 1. The zero-order valence-corrected chi connectivity index (χ0v) is 20.8. The van der Waals surface area contributed by atoms with E-state index in [0.29, 0.717) is 24.0 Å². The Morgan fingerprint density at radius 1 is 1.06 bits per heavy atom. The van der Waals surface area contributed by atoms with Gasteiger partial charge in [-0.3, -0.25) is 4.72 Å². The summed E-state index contributed by atoms with van der Waals surface area (Å²) in [5.41, 5.74) is 3.79. The Morgan fingerprint density at radius 3 is 2.53 bits per heavy atom. The summed E-state index contributed by atoms with van der Waals surface area (Å²) in [4.78, 5) is 1.51. The van der Waals surface area contributed by atoms with E-state index >= 15 is 0 Å². The summed E-state index contributed by atoms with van der Waals surface area (Å²) >= 11 is 1.74. The highest BCUT2D eigenvalue weighted by atomic mass is 32.2. The lowest BCUT2D eigenvalue weighted by atomic mass is 9.77. The second-order valence-corrected chi connectivity index (χ2v) is 11.1. The van der Waals surface area contributed by atoms with Crippen LogP contribution >= 0.6 is 11.8 Å². The fraction of sp³-hybridized carbons (Fsp3) is 0.259. The number of sulfonamides is 1. The van der Waals surface area contributed by atoms with Crippen molar-refractivity contribution in [3.63, 3.8) is 0 Å². The third-order valence-corrected chi connectivity index (χ3v) is 8.66. The van der Waals surface area contributed by atoms with Gasteiger partial charge >= 0.3 is 0 Å². The van der Waals surface area contributed by atoms with E-state index in [9.17, 15) is 8.42 Å². The summed E-state index contributed by atoms with van der Waals surface area (Å²) in [6, 6.07) is 21.3. The molecule has 1 aliphatic carbocycles. The Balaban J connectivity index is 1.42. The van der Waals surface area contributed by atoms with E-state index in [1.54, 1.807) is 42.1 Å². The molecular formula is C27H28N2O3S2. The van der Waals surface area contributed by atoms with E-state index < -0.39 is 10.0 Å². The number of ether oxygens (including phenoxy) is 1. The molecule has 2 N–H and O–H groups in total. The fourth-order valence-corrected chi connectivity index (χ4v) is 6.38. The molecule has 7 heteroatoms. The van der Waals surface area contributed by atoms with E-state index in [1.807, 2.05) is 19.1 Å². The van der Waals surface area contributed by atoms with Crippen LogP contribution in [0.1, 0.15) is 36.4 Å². The quantitative estimate of drug-likeness (QED) is 0.294. The number of nitrogens with one attached hydrogen (secondary N) is 2. The van der Waals surface area contributed by atoms with Crippen LogP contribution in [0.5, 0.6) is 5.75 Å². The molecule has 0 saturated carbocycles. The second kappa shape index (κ2) is 9.39. The van der Waals surface area contributed by atoms with Gasteiger partial charge in [0.25, 0.3) is 10.0 Å². The van der Waals surface area contributed by atoms with E-state index in [0.717, 1.165) is 17.7 Å². The largest absolute Gasteiger partial charge is 0.494 e. The van der Waals surface area contributed by atoms with E-state index in [4.69, 9.17) is 4.74 Å². The van der Waals surface area contributed by atoms with Crippen molar-refractivity contribution in [2.24, 2.45) is 5.92 Å². The van der Waals surface area contributed by atoms with E-state index in [2.05, 4.69) is 52.7 Å². The number of hydrogen-bond donors (Lipinski definition) is 2. The topological polar surface area (TPSA) is 67.4 Å². The highest BCUT2D eigenvalue weighted by Gasteiger charge is 2.38. The van der Waals surface area contributed by atoms with Crippen LogP contribution < -0.4 is 14.8 Å². The Bertz CT molecular complexity index is 1300. The average molecular weight is 493 g/mol. The number of hydrogen-bond acceptors (Lipinski definition) is 5. The summed E-state index contributed by atoms with van der Waals surface area (Å²) in [7, 11) is -3.72. The van der Waals surface area contributed by atoms with Crippen molar-refractivity contribution in [1.29, 1.82) is 0 Å². The van der Waals surface area contributed by atoms with Crippen LogP contribution in [0.4, 0.5) is 11.4 Å². The van der Waals surface area contributed by atoms with Crippen molar-refractivity contribution in [3.8, 4) is 5.75 Å². The van der Waals surface area contributed by atoms with Crippen molar-refractivity contribution >= 4 is 33.2 Å². The zero-order chi connectivity index (χ0) is 23.7. The third kappa shape index (κ3) is 4.42. The van der Waals surface area contributed by atoms with Crippen LogP contribution in [0, 0.1) is 5.92 Å². The molecule has 0 spiro atoms. The van der Waals surface area contributed by atoms with Gasteiger partial charge in [0.15, 0.2) is 0 Å². The first-order valence-corrected chi connectivity index (χ1v) is 14.2. The lowest BCUT2D eigenvalue weighted by Crippen LogP contribution is -2.29. The normalized spacial score (nSPS) is 20.8. The van der Waals surface area contributed by atoms with Crippen molar-refractivity contribution in [2.75, 3.05) is 22.9 Å². The van der Waals surface area contributed by atoms with Crippen molar-refractivity contribution in [3.05, 3.63) is 90.0 Å². The molecule has 3 atom stereocenters. The van der Waals surface area contributed by atoms with Crippen LogP contribution in [0.3, 0.4) is 0 Å². The Hall–Kier alpha value is -2.90. The van der Waals surface area contributed by atoms with Crippen LogP contribution in [0.25, 0.3) is 0 Å². The lowest BCUT2D eigenvalue weighted by molar-refractivity contribution is 0.340. The fourth-order valence-electron chi connectivity index (χ4n) is 4.88. The van der Waals surface area contributed by atoms with E-state index in [1.165, 1.54) is 10.5 Å². The first kappa shape index (κ1) is 22.9. The molecule has 34 heavy (non-hydrogen) atoms. The highest BCUT2D eigenvalue weighted by molar-refractivity contribution is 7.98. The van der Waals surface area contributed by atoms with Crippen molar-refractivity contribution in [1.82, 2.24) is 0 Å². The highest BCUT2D eigenvalue weighted by Crippen LogP contribution is 2.50. The summed E-state index contributed by atoms with van der Waals surface area (Å²) < 4.78 is 34.4. The Morgan fingerprint density at radius 2 is 1.82 bits per heavy atom. The van der Waals surface area contributed by atoms with Gasteiger partial charge in [0, 0.05) is 22.2 Å². The molecule has 3 aromatic rings. The third-order valence-electron chi connectivity index (χ3n) is 6.54. The number of anilines is 2. The van der Waals surface area contributed by atoms with Crippen LogP contribution in [0.2, 0.25) is 0 Å². The molecule has 0 fully saturated rings. The van der Waals surface area contributed by atoms with Crippen LogP contribution in [-0.2, 0) is 10.0 Å². The van der Waals surface area contributed by atoms with Gasteiger partial charge in [0.05, 0.1) is 17.5 Å². The minimum absolute atomic E-state index is 0.183. The maximum absolute atomic E-state index is 13.2. The number of allylic oxidation sites excluding steroid dienone is 2. The average Bonchev–Trinajstić information content (AvgIpc) is 3.35. The molecule has 3 aromatic carbocycles. The molecule has 1 heterocycles. The Labute approximate surface area is 205 Å². The number of rotatable bonds is 7. The molecule has 0 radical (unpaired) electrons. The molecule has 2 aliphatic rings. The molecular weight excluding hydrogens is 464 g/mol. The summed E-state index contributed by atoms with van der Waals surface area (Å²) in [5, 5.41) is 3.69. The maximum atomic E-state index is 13.2. The predicted molar refractivity (Wildman–Crippen MR) is 139 cm³/mol. The van der Waals surface area contributed by atoms with Crippen LogP contribution in [-0.4, -0.2) is 21.3 Å². The van der Waals surface area contributed by atoms with Gasteiger partial charge in [-0.25, -0.2) is 8.42 Å². The molecule has 5 rings (SSSR count). The molecule has 176 valence electrons. The molecule has 3 unspecified atom stereocenters. The zero-order valence-electron chi connectivity index (χ0n) is 19.2. The monoisotopic (exact) mass is 492 g/mol. The first-order valence-electron chi connectivity index (χ1n) is 11.5. The molecule has 0 bridgehead atoms. The summed E-state index contributed by atoms with van der Waals surface area (Å²) in [6.45, 7) is 2.48. The van der Waals surface area contributed by atoms with Gasteiger partial charge in [-0.05, 0) is 91.2 Å². The predicted octanol–water partition coefficient (Wildman–Crippen LogP) is 6.43. The second-order valence-electron chi connectivity index (χ2n) is 8.56. The minimum Gasteiger partial charge on any atom is -0.494 e. The minimum atomic E-state index is -3.72. The molecule has 0 aromatic heterocycles. The standard InChI is InChI=1S/C27H28N2O3S2/c1-3-32-20-11-9-19(10-12-20)29-34(30,31)22-15-16-26-25(17-22)23-5-4-6-24(23)27(28-26)18-7-13-21(33-2)14-8-18/h4-5,7-17,23-24,27-29H,3,6H2,1-2H3. The SMILES string of the molecule is CCOc1ccc(NS(=O)(=O)c2ccc3c(c2)C2C=CCC2C(c2ccc(SC)cc2)N3)cc1. The van der Waals surface area contributed by atoms with Gasteiger partial charge in [-0.2, -0.15) is 0 Å². The molecule has 0 amide bonds. The van der Waals surface area contributed by atoms with Gasteiger partial charge in [0.2, 0.25) is 0 Å². The smallest absolute Gasteiger partial charge is 0.261 e. The Kier molecular flexibility index (Phi) is 6.32. The van der Waals surface area contributed by atoms with Gasteiger partial charge in [-0.1, -0.05) is 24.3 Å². The number of fused-ring (bicyclic) bond motifs is 3. The van der Waals surface area contributed by atoms with E-state index in [-0.39, 0.29) is 16.9 Å². The van der Waals surface area contributed by atoms with Gasteiger partial charge in [-0.15, -0.1) is 11.8 Å². The molecule has 0 saturated heterocycles. The van der Waals surface area contributed by atoms with Crippen LogP contribution in [0.15, 0.2) is 88.7 Å². The molecule has 5 nitrogen and oxygen atoms in total. The maximum Gasteiger partial charge on any atom is 0.261 e. The van der Waals surface area contributed by atoms with Gasteiger partial charge in [0.1, 0.15) is 5.75 Å². The first-order chi connectivity index (χ1) is 16.5. The van der Waals surface area contributed by atoms with Gasteiger partial charge < -0.3 is 10.1 Å².